The zero-order valence-electron chi connectivity index (χ0n) is 8.87. The lowest BCUT2D eigenvalue weighted by molar-refractivity contribution is -0.0808. The van der Waals surface area contributed by atoms with Gasteiger partial charge >= 0.3 is 0 Å². The second kappa shape index (κ2) is 4.56. The molecule has 92 valence electrons. The fraction of sp³-hybridized carbons (Fsp3) is 0.300. The van der Waals surface area contributed by atoms with Crippen molar-refractivity contribution >= 4 is 11.5 Å². The Labute approximate surface area is 96.6 Å². The van der Waals surface area contributed by atoms with Gasteiger partial charge in [-0.05, 0) is 6.07 Å². The van der Waals surface area contributed by atoms with Gasteiger partial charge in [0.05, 0.1) is 13.2 Å². The van der Waals surface area contributed by atoms with Gasteiger partial charge in [-0.1, -0.05) is 0 Å². The van der Waals surface area contributed by atoms with Crippen LogP contribution < -0.4 is 16.0 Å². The zero-order chi connectivity index (χ0) is 12.4. The fourth-order valence-electron chi connectivity index (χ4n) is 1.40. The summed E-state index contributed by atoms with van der Waals surface area (Å²) >= 11 is 0. The van der Waals surface area contributed by atoms with E-state index in [1.807, 2.05) is 0 Å². The number of amidine groups is 1. The number of hydroxylamine groups is 1. The largest absolute Gasteiger partial charge is 0.482 e. The van der Waals surface area contributed by atoms with Crippen molar-refractivity contribution in [3.8, 4) is 5.75 Å². The normalized spacial score (nSPS) is 15.2. The molecule has 0 atom stereocenters. The molecule has 0 bridgehead atoms. The van der Waals surface area contributed by atoms with Gasteiger partial charge < -0.3 is 15.2 Å². The predicted molar refractivity (Wildman–Crippen MR) is 57.8 cm³/mol. The first-order valence-electron chi connectivity index (χ1n) is 4.94. The Balaban J connectivity index is 2.24. The lowest BCUT2D eigenvalue weighted by atomic mass is 10.1. The number of nitrogens with one attached hydrogen (secondary N) is 2. The molecule has 1 saturated heterocycles. The van der Waals surface area contributed by atoms with Crippen molar-refractivity contribution in [1.82, 2.24) is 5.48 Å². The smallest absolute Gasteiger partial charge is 0.165 e. The van der Waals surface area contributed by atoms with E-state index in [-0.39, 0.29) is 28.9 Å². The number of anilines is 1. The molecule has 7 heteroatoms. The van der Waals surface area contributed by atoms with E-state index in [2.05, 4.69) is 0 Å². The maximum absolute atomic E-state index is 13.6. The summed E-state index contributed by atoms with van der Waals surface area (Å²) in [5.74, 6) is -0.994. The van der Waals surface area contributed by atoms with Crippen LogP contribution in [-0.4, -0.2) is 30.4 Å². The van der Waals surface area contributed by atoms with Crippen molar-refractivity contribution in [2.24, 2.45) is 0 Å². The molecule has 5 N–H and O–H groups in total. The lowest BCUT2D eigenvalue weighted by Gasteiger charge is -2.27. The van der Waals surface area contributed by atoms with Gasteiger partial charge in [-0.2, -0.15) is 0 Å². The number of hydrogen-bond donors (Lipinski definition) is 4. The fourth-order valence-corrected chi connectivity index (χ4v) is 1.40. The Morgan fingerprint density at radius 1 is 1.59 bits per heavy atom. The summed E-state index contributed by atoms with van der Waals surface area (Å²) in [6, 6.07) is 2.32. The van der Waals surface area contributed by atoms with Gasteiger partial charge in [-0.25, -0.2) is 4.39 Å². The van der Waals surface area contributed by atoms with Crippen LogP contribution in [-0.2, 0) is 4.74 Å². The minimum absolute atomic E-state index is 0.0188. The van der Waals surface area contributed by atoms with Crippen molar-refractivity contribution in [2.45, 2.75) is 6.10 Å². The number of rotatable bonds is 3. The molecule has 0 aromatic heterocycles. The third-order valence-corrected chi connectivity index (χ3v) is 2.39. The molecule has 1 aromatic rings. The number of ether oxygens (including phenoxy) is 2. The van der Waals surface area contributed by atoms with Crippen LogP contribution in [0.3, 0.4) is 0 Å². The molecule has 0 amide bonds. The van der Waals surface area contributed by atoms with Gasteiger partial charge in [-0.15, -0.1) is 0 Å². The Morgan fingerprint density at radius 3 is 2.82 bits per heavy atom. The van der Waals surface area contributed by atoms with E-state index >= 15 is 0 Å². The monoisotopic (exact) mass is 241 g/mol. The van der Waals surface area contributed by atoms with Crippen LogP contribution in [0.2, 0.25) is 0 Å². The van der Waals surface area contributed by atoms with E-state index in [9.17, 15) is 4.39 Å². The molecule has 1 heterocycles. The van der Waals surface area contributed by atoms with Crippen LogP contribution in [0.5, 0.6) is 5.75 Å². The summed E-state index contributed by atoms with van der Waals surface area (Å²) in [5, 5.41) is 15.9. The Bertz CT molecular complexity index is 449. The maximum Gasteiger partial charge on any atom is 0.165 e. The first-order chi connectivity index (χ1) is 8.11. The second-order valence-electron chi connectivity index (χ2n) is 3.63. The molecule has 2 rings (SSSR count). The van der Waals surface area contributed by atoms with E-state index in [1.165, 1.54) is 6.07 Å². The summed E-state index contributed by atoms with van der Waals surface area (Å²) in [4.78, 5) is 0. The topological polar surface area (TPSA) is 101 Å². The van der Waals surface area contributed by atoms with Crippen LogP contribution in [0.25, 0.3) is 0 Å². The van der Waals surface area contributed by atoms with Crippen molar-refractivity contribution in [1.29, 1.82) is 5.41 Å². The second-order valence-corrected chi connectivity index (χ2v) is 3.63. The zero-order valence-corrected chi connectivity index (χ0v) is 8.87. The molecule has 17 heavy (non-hydrogen) atoms. The molecular weight excluding hydrogens is 229 g/mol. The first kappa shape index (κ1) is 11.6. The van der Waals surface area contributed by atoms with Crippen LogP contribution in [0.1, 0.15) is 5.56 Å². The molecule has 0 saturated carbocycles. The minimum atomic E-state index is -0.638. The average molecular weight is 241 g/mol. The Morgan fingerprint density at radius 2 is 2.29 bits per heavy atom. The van der Waals surface area contributed by atoms with Gasteiger partial charge in [0.15, 0.2) is 17.4 Å². The molecule has 0 aliphatic carbocycles. The third kappa shape index (κ3) is 2.29. The highest BCUT2D eigenvalue weighted by Crippen LogP contribution is 2.26. The van der Waals surface area contributed by atoms with E-state index < -0.39 is 5.82 Å². The summed E-state index contributed by atoms with van der Waals surface area (Å²) in [7, 11) is 0. The van der Waals surface area contributed by atoms with Crippen LogP contribution in [0, 0.1) is 11.2 Å². The molecule has 0 unspecified atom stereocenters. The standard InChI is InChI=1S/C10H12FN3O3/c11-7-1-6(10(13)14-15)8(12)2-9(7)17-5-3-16-4-5/h1-2,5,15H,3-4,12H2,(H2,13,14). The number of halogens is 1. The Kier molecular flexibility index (Phi) is 3.12. The Hall–Kier alpha value is -1.86. The van der Waals surface area contributed by atoms with Gasteiger partial charge in [0, 0.05) is 17.3 Å². The van der Waals surface area contributed by atoms with Gasteiger partial charge in [0.1, 0.15) is 6.10 Å². The molecule has 0 radical (unpaired) electrons. The average Bonchev–Trinajstić information content (AvgIpc) is 2.26. The van der Waals surface area contributed by atoms with Crippen LogP contribution in [0.4, 0.5) is 10.1 Å². The summed E-state index contributed by atoms with van der Waals surface area (Å²) in [5.41, 5.74) is 7.46. The number of nitrogens with two attached hydrogens (primary N) is 1. The molecule has 1 aliphatic rings. The molecular formula is C10H12FN3O3. The first-order valence-corrected chi connectivity index (χ1v) is 4.94. The van der Waals surface area contributed by atoms with Crippen molar-refractivity contribution in [3.63, 3.8) is 0 Å². The summed E-state index contributed by atoms with van der Waals surface area (Å²) < 4.78 is 23.8. The van der Waals surface area contributed by atoms with Crippen molar-refractivity contribution < 1.29 is 19.1 Å². The SMILES string of the molecule is N=C(NO)c1cc(F)c(OC2COC2)cc1N. The number of nitrogen functional groups attached to an aromatic ring is 1. The molecule has 0 spiro atoms. The maximum atomic E-state index is 13.6. The minimum Gasteiger partial charge on any atom is -0.482 e. The highest BCUT2D eigenvalue weighted by molar-refractivity contribution is 6.00. The molecule has 1 fully saturated rings. The van der Waals surface area contributed by atoms with Crippen LogP contribution in [0.15, 0.2) is 12.1 Å². The number of benzene rings is 1. The van der Waals surface area contributed by atoms with Crippen molar-refractivity contribution in [3.05, 3.63) is 23.5 Å². The summed E-state index contributed by atoms with van der Waals surface area (Å²) in [6.07, 6.45) is -0.162. The lowest BCUT2D eigenvalue weighted by Crippen LogP contribution is -2.38. The van der Waals surface area contributed by atoms with E-state index in [0.717, 1.165) is 6.07 Å². The highest BCUT2D eigenvalue weighted by Gasteiger charge is 2.22. The van der Waals surface area contributed by atoms with Crippen LogP contribution >= 0.6 is 0 Å². The summed E-state index contributed by atoms with van der Waals surface area (Å²) in [6.45, 7) is 0.851. The van der Waals surface area contributed by atoms with E-state index in [0.29, 0.717) is 13.2 Å². The third-order valence-electron chi connectivity index (χ3n) is 2.39. The van der Waals surface area contributed by atoms with E-state index in [4.69, 9.17) is 25.8 Å². The van der Waals surface area contributed by atoms with Gasteiger partial charge in [0.25, 0.3) is 0 Å². The van der Waals surface area contributed by atoms with E-state index in [1.54, 1.807) is 5.48 Å². The highest BCUT2D eigenvalue weighted by atomic mass is 19.1. The molecule has 6 nitrogen and oxygen atoms in total. The van der Waals surface area contributed by atoms with Gasteiger partial charge in [0.2, 0.25) is 0 Å². The molecule has 1 aromatic carbocycles. The predicted octanol–water partition coefficient (Wildman–Crippen LogP) is 0.490. The van der Waals surface area contributed by atoms with Crippen molar-refractivity contribution in [2.75, 3.05) is 18.9 Å². The van der Waals surface area contributed by atoms with Gasteiger partial charge in [-0.3, -0.25) is 16.1 Å². The molecule has 1 aliphatic heterocycles. The quantitative estimate of drug-likeness (QED) is 0.267. The number of hydrogen-bond acceptors (Lipinski definition) is 5.